The first-order chi connectivity index (χ1) is 7.63. The number of ether oxygens (including phenoxy) is 2. The second-order valence-corrected chi connectivity index (χ2v) is 3.52. The minimum atomic E-state index is -0.565. The van der Waals surface area contributed by atoms with Crippen LogP contribution in [0.5, 0.6) is 5.75 Å². The molecular weight excluding hydrogens is 209 g/mol. The molecule has 4 heteroatoms. The number of hydrogen-bond acceptors (Lipinski definition) is 3. The van der Waals surface area contributed by atoms with Gasteiger partial charge in [-0.05, 0) is 26.0 Å². The number of benzene rings is 1. The molecule has 1 aromatic rings. The van der Waals surface area contributed by atoms with Gasteiger partial charge >= 0.3 is 0 Å². The van der Waals surface area contributed by atoms with Crippen LogP contribution in [0.4, 0.5) is 4.39 Å². The Bertz CT molecular complexity index is 385. The summed E-state index contributed by atoms with van der Waals surface area (Å²) in [5.74, 6) is -0.159. The Hall–Kier alpha value is -1.60. The highest BCUT2D eigenvalue weighted by molar-refractivity contribution is 5.36. The Balaban J connectivity index is 2.44. The summed E-state index contributed by atoms with van der Waals surface area (Å²) < 4.78 is 23.7. The van der Waals surface area contributed by atoms with Gasteiger partial charge < -0.3 is 9.47 Å². The number of hydrogen-bond donors (Lipinski definition) is 0. The molecule has 0 aliphatic rings. The van der Waals surface area contributed by atoms with Crippen LogP contribution in [0, 0.1) is 17.1 Å². The van der Waals surface area contributed by atoms with Crippen molar-refractivity contribution >= 4 is 0 Å². The molecule has 0 saturated heterocycles. The molecule has 0 unspecified atom stereocenters. The van der Waals surface area contributed by atoms with Crippen molar-refractivity contribution in [3.63, 3.8) is 0 Å². The molecule has 0 amide bonds. The first kappa shape index (κ1) is 12.5. The fourth-order valence-corrected chi connectivity index (χ4v) is 1.12. The number of rotatable bonds is 5. The van der Waals surface area contributed by atoms with Gasteiger partial charge in [-0.3, -0.25) is 0 Å². The third kappa shape index (κ3) is 3.87. The number of nitrogens with zero attached hydrogens (tertiary/aromatic N) is 1. The van der Waals surface area contributed by atoms with Gasteiger partial charge in [-0.1, -0.05) is 0 Å². The zero-order chi connectivity index (χ0) is 12.0. The predicted octanol–water partition coefficient (Wildman–Crippen LogP) is 2.50. The molecule has 0 saturated carbocycles. The smallest absolute Gasteiger partial charge is 0.144 e. The van der Waals surface area contributed by atoms with E-state index in [0.717, 1.165) is 0 Å². The average molecular weight is 223 g/mol. The summed E-state index contributed by atoms with van der Waals surface area (Å²) in [6.45, 7) is 4.69. The molecule has 86 valence electrons. The standard InChI is InChI=1S/C12H14FNO2/c1-9(2)15-5-6-16-11-4-3-10(8-14)12(13)7-11/h3-4,7,9H,5-6H2,1-2H3. The quantitative estimate of drug-likeness (QED) is 0.720. The third-order valence-electron chi connectivity index (χ3n) is 1.86. The summed E-state index contributed by atoms with van der Waals surface area (Å²) in [6, 6.07) is 5.91. The summed E-state index contributed by atoms with van der Waals surface area (Å²) in [5, 5.41) is 8.53. The van der Waals surface area contributed by atoms with Crippen LogP contribution in [0.1, 0.15) is 19.4 Å². The molecule has 0 radical (unpaired) electrons. The van der Waals surface area contributed by atoms with Gasteiger partial charge in [-0.2, -0.15) is 5.26 Å². The Morgan fingerprint density at radius 2 is 2.12 bits per heavy atom. The van der Waals surface area contributed by atoms with E-state index in [-0.39, 0.29) is 11.7 Å². The molecular formula is C12H14FNO2. The maximum Gasteiger partial charge on any atom is 0.144 e. The molecule has 3 nitrogen and oxygen atoms in total. The fraction of sp³-hybridized carbons (Fsp3) is 0.417. The van der Waals surface area contributed by atoms with Crippen LogP contribution in [-0.2, 0) is 4.74 Å². The Morgan fingerprint density at radius 3 is 2.69 bits per heavy atom. The zero-order valence-corrected chi connectivity index (χ0v) is 9.37. The highest BCUT2D eigenvalue weighted by Gasteiger charge is 2.03. The predicted molar refractivity (Wildman–Crippen MR) is 57.7 cm³/mol. The van der Waals surface area contributed by atoms with E-state index in [1.807, 2.05) is 13.8 Å². The zero-order valence-electron chi connectivity index (χ0n) is 9.37. The van der Waals surface area contributed by atoms with Crippen molar-refractivity contribution in [3.8, 4) is 11.8 Å². The van der Waals surface area contributed by atoms with Crippen molar-refractivity contribution in [2.45, 2.75) is 20.0 Å². The van der Waals surface area contributed by atoms with Crippen molar-refractivity contribution in [2.24, 2.45) is 0 Å². The molecule has 1 rings (SSSR count). The van der Waals surface area contributed by atoms with Crippen LogP contribution in [0.2, 0.25) is 0 Å². The highest BCUT2D eigenvalue weighted by atomic mass is 19.1. The molecule has 0 fully saturated rings. The molecule has 0 aromatic heterocycles. The lowest BCUT2D eigenvalue weighted by atomic mass is 10.2. The van der Waals surface area contributed by atoms with Gasteiger partial charge in [0.15, 0.2) is 0 Å². The summed E-state index contributed by atoms with van der Waals surface area (Å²) >= 11 is 0. The molecule has 0 spiro atoms. The van der Waals surface area contributed by atoms with E-state index in [4.69, 9.17) is 14.7 Å². The molecule has 0 heterocycles. The Labute approximate surface area is 94.4 Å². The van der Waals surface area contributed by atoms with Crippen LogP contribution in [0.15, 0.2) is 18.2 Å². The second kappa shape index (κ2) is 6.09. The van der Waals surface area contributed by atoms with Gasteiger partial charge in [-0.25, -0.2) is 4.39 Å². The monoisotopic (exact) mass is 223 g/mol. The molecule has 0 aliphatic carbocycles. The normalized spacial score (nSPS) is 10.2. The summed E-state index contributed by atoms with van der Waals surface area (Å²) in [5.41, 5.74) is 0.0192. The fourth-order valence-electron chi connectivity index (χ4n) is 1.12. The van der Waals surface area contributed by atoms with Crippen LogP contribution < -0.4 is 4.74 Å². The van der Waals surface area contributed by atoms with Crippen molar-refractivity contribution in [1.82, 2.24) is 0 Å². The van der Waals surface area contributed by atoms with Crippen molar-refractivity contribution in [3.05, 3.63) is 29.6 Å². The second-order valence-electron chi connectivity index (χ2n) is 3.52. The molecule has 0 bridgehead atoms. The first-order valence-electron chi connectivity index (χ1n) is 5.07. The highest BCUT2D eigenvalue weighted by Crippen LogP contribution is 2.15. The molecule has 0 N–H and O–H groups in total. The van der Waals surface area contributed by atoms with Gasteiger partial charge in [0.1, 0.15) is 24.2 Å². The lowest BCUT2D eigenvalue weighted by Gasteiger charge is -2.09. The van der Waals surface area contributed by atoms with E-state index in [2.05, 4.69) is 0 Å². The van der Waals surface area contributed by atoms with E-state index >= 15 is 0 Å². The van der Waals surface area contributed by atoms with E-state index in [1.54, 1.807) is 12.1 Å². The third-order valence-corrected chi connectivity index (χ3v) is 1.86. The minimum Gasteiger partial charge on any atom is -0.491 e. The topological polar surface area (TPSA) is 42.2 Å². The van der Waals surface area contributed by atoms with Gasteiger partial charge in [0.2, 0.25) is 0 Å². The van der Waals surface area contributed by atoms with Crippen molar-refractivity contribution in [1.29, 1.82) is 5.26 Å². The SMILES string of the molecule is CC(C)OCCOc1ccc(C#N)c(F)c1. The van der Waals surface area contributed by atoms with Crippen LogP contribution in [0.3, 0.4) is 0 Å². The van der Waals surface area contributed by atoms with E-state index in [1.165, 1.54) is 12.1 Å². The molecule has 16 heavy (non-hydrogen) atoms. The first-order valence-corrected chi connectivity index (χ1v) is 5.07. The molecule has 0 atom stereocenters. The van der Waals surface area contributed by atoms with E-state index in [0.29, 0.717) is 19.0 Å². The van der Waals surface area contributed by atoms with Gasteiger partial charge in [-0.15, -0.1) is 0 Å². The maximum atomic E-state index is 13.2. The van der Waals surface area contributed by atoms with Crippen LogP contribution in [0.25, 0.3) is 0 Å². The molecule has 1 aromatic carbocycles. The van der Waals surface area contributed by atoms with E-state index in [9.17, 15) is 4.39 Å². The summed E-state index contributed by atoms with van der Waals surface area (Å²) in [4.78, 5) is 0. The lowest BCUT2D eigenvalue weighted by molar-refractivity contribution is 0.0552. The Morgan fingerprint density at radius 1 is 1.38 bits per heavy atom. The van der Waals surface area contributed by atoms with Gasteiger partial charge in [0.25, 0.3) is 0 Å². The largest absolute Gasteiger partial charge is 0.491 e. The Kier molecular flexibility index (Phi) is 4.74. The lowest BCUT2D eigenvalue weighted by Crippen LogP contribution is -2.11. The van der Waals surface area contributed by atoms with Crippen LogP contribution in [-0.4, -0.2) is 19.3 Å². The van der Waals surface area contributed by atoms with Crippen LogP contribution >= 0.6 is 0 Å². The summed E-state index contributed by atoms with van der Waals surface area (Å²) in [7, 11) is 0. The number of halogens is 1. The van der Waals surface area contributed by atoms with Gasteiger partial charge in [0.05, 0.1) is 18.3 Å². The number of nitriles is 1. The summed E-state index contributed by atoms with van der Waals surface area (Å²) in [6.07, 6.45) is 0.154. The maximum absolute atomic E-state index is 13.2. The molecule has 0 aliphatic heterocycles. The van der Waals surface area contributed by atoms with E-state index < -0.39 is 5.82 Å². The minimum absolute atomic E-state index is 0.0192. The van der Waals surface area contributed by atoms with Gasteiger partial charge in [0, 0.05) is 6.07 Å². The van der Waals surface area contributed by atoms with Crippen molar-refractivity contribution < 1.29 is 13.9 Å². The van der Waals surface area contributed by atoms with Crippen molar-refractivity contribution in [2.75, 3.05) is 13.2 Å². The average Bonchev–Trinajstić information content (AvgIpc) is 2.24.